The molecular formula is C18H15F3N6O2S. The van der Waals surface area contributed by atoms with E-state index in [0.29, 0.717) is 22.7 Å². The molecule has 0 aromatic carbocycles. The lowest BCUT2D eigenvalue weighted by atomic mass is 10.2. The molecule has 0 aliphatic rings. The topological polar surface area (TPSA) is 98.5 Å². The van der Waals surface area contributed by atoms with Crippen LogP contribution in [0, 0.1) is 0 Å². The summed E-state index contributed by atoms with van der Waals surface area (Å²) in [5.74, 6) is -1.30. The third kappa shape index (κ3) is 4.48. The van der Waals surface area contributed by atoms with E-state index in [0.717, 1.165) is 5.56 Å². The van der Waals surface area contributed by atoms with E-state index in [1.165, 1.54) is 6.07 Å². The molecule has 0 saturated heterocycles. The van der Waals surface area contributed by atoms with Crippen LogP contribution in [0.15, 0.2) is 57.9 Å². The van der Waals surface area contributed by atoms with Gasteiger partial charge in [0, 0.05) is 46.3 Å². The summed E-state index contributed by atoms with van der Waals surface area (Å²) in [6, 6.07) is 6.66. The number of aromatic nitrogens is 5. The first-order valence-corrected chi connectivity index (χ1v) is 10.7. The fraction of sp³-hybridized carbons (Fsp3) is 0.222. The van der Waals surface area contributed by atoms with Gasteiger partial charge >= 0.3 is 12.1 Å². The maximum Gasteiger partial charge on any atom is 0.471 e. The van der Waals surface area contributed by atoms with Crippen molar-refractivity contribution in [3.63, 3.8) is 0 Å². The molecule has 4 aromatic rings. The van der Waals surface area contributed by atoms with Crippen molar-refractivity contribution in [2.75, 3.05) is 6.26 Å². The van der Waals surface area contributed by atoms with Crippen LogP contribution >= 0.6 is 0 Å². The Kier molecular flexibility index (Phi) is 5.02. The maximum atomic E-state index is 12.7. The van der Waals surface area contributed by atoms with Gasteiger partial charge < -0.3 is 8.92 Å². The van der Waals surface area contributed by atoms with Gasteiger partial charge in [0.05, 0.1) is 18.0 Å². The van der Waals surface area contributed by atoms with Crippen LogP contribution in [0.25, 0.3) is 17.0 Å². The lowest BCUT2D eigenvalue weighted by Crippen LogP contribution is -2.04. The van der Waals surface area contributed by atoms with Crippen molar-refractivity contribution in [1.82, 2.24) is 24.5 Å². The molecule has 1 unspecified atom stereocenters. The summed E-state index contributed by atoms with van der Waals surface area (Å²) < 4.78 is 60.9. The molecule has 4 heterocycles. The average molecular weight is 436 g/mol. The highest BCUT2D eigenvalue weighted by Gasteiger charge is 2.38. The summed E-state index contributed by atoms with van der Waals surface area (Å²) in [7, 11) is -2.47. The molecule has 0 fully saturated rings. The van der Waals surface area contributed by atoms with Crippen molar-refractivity contribution in [2.24, 2.45) is 4.36 Å². The normalized spacial score (nSPS) is 14.0. The zero-order chi connectivity index (χ0) is 21.4. The van der Waals surface area contributed by atoms with E-state index in [1.54, 1.807) is 53.6 Å². The molecule has 0 aliphatic heterocycles. The molecule has 4 rings (SSSR count). The molecule has 30 heavy (non-hydrogen) atoms. The minimum Gasteiger partial charge on any atom is -0.329 e. The molecular weight excluding hydrogens is 421 g/mol. The van der Waals surface area contributed by atoms with Gasteiger partial charge in [-0.3, -0.25) is 4.98 Å². The molecule has 156 valence electrons. The predicted molar refractivity (Wildman–Crippen MR) is 102 cm³/mol. The third-order valence-corrected chi connectivity index (χ3v) is 5.66. The average Bonchev–Trinajstić information content (AvgIpc) is 3.33. The van der Waals surface area contributed by atoms with Crippen LogP contribution in [0.5, 0.6) is 0 Å². The molecule has 0 saturated carbocycles. The Morgan fingerprint density at radius 3 is 2.67 bits per heavy atom. The Balaban J connectivity index is 1.55. The van der Waals surface area contributed by atoms with E-state index in [-0.39, 0.29) is 12.4 Å². The number of rotatable bonds is 5. The van der Waals surface area contributed by atoms with E-state index >= 15 is 0 Å². The Hall–Kier alpha value is -3.28. The number of hydrogen-bond donors (Lipinski definition) is 0. The smallest absolute Gasteiger partial charge is 0.329 e. The molecule has 0 aliphatic carbocycles. The first-order valence-electron chi connectivity index (χ1n) is 8.63. The van der Waals surface area contributed by atoms with Crippen LogP contribution in [0.2, 0.25) is 0 Å². The van der Waals surface area contributed by atoms with Crippen molar-refractivity contribution in [3.05, 3.63) is 66.2 Å². The van der Waals surface area contributed by atoms with Crippen LogP contribution in [-0.2, 0) is 28.2 Å². The largest absolute Gasteiger partial charge is 0.471 e. The van der Waals surface area contributed by atoms with Crippen molar-refractivity contribution >= 4 is 15.4 Å². The highest BCUT2D eigenvalue weighted by atomic mass is 32.2. The molecule has 4 aromatic heterocycles. The molecule has 12 heteroatoms. The number of fused-ring (bicyclic) bond motifs is 1. The van der Waals surface area contributed by atoms with Gasteiger partial charge in [-0.15, -0.1) is 0 Å². The summed E-state index contributed by atoms with van der Waals surface area (Å²) >= 11 is 0. The van der Waals surface area contributed by atoms with Crippen molar-refractivity contribution in [2.45, 2.75) is 18.5 Å². The molecule has 0 amide bonds. The number of halogens is 3. The standard InChI is InChI=1S/C18H15F3N6O2S/c1-30(28,11-12-2-5-22-6-3-12)23-9-14-10-27-7-4-13(8-15(27)24-14)16-25-17(29-26-16)18(19,20)21/h2-8,10H,9,11H2,1H3. The monoisotopic (exact) mass is 436 g/mol. The zero-order valence-electron chi connectivity index (χ0n) is 15.6. The summed E-state index contributed by atoms with van der Waals surface area (Å²) in [6.07, 6.45) is 3.46. The Bertz CT molecular complexity index is 1310. The second kappa shape index (κ2) is 7.52. The SMILES string of the molecule is CS(=O)(Cc1ccncc1)=NCc1cn2ccc(-c3noc(C(F)(F)F)n3)cc2n1. The number of pyridine rings is 2. The van der Waals surface area contributed by atoms with Crippen molar-refractivity contribution < 1.29 is 21.9 Å². The van der Waals surface area contributed by atoms with Crippen LogP contribution in [0.1, 0.15) is 17.1 Å². The molecule has 8 nitrogen and oxygen atoms in total. The van der Waals surface area contributed by atoms with E-state index < -0.39 is 21.8 Å². The number of hydrogen-bond acceptors (Lipinski definition) is 7. The van der Waals surface area contributed by atoms with E-state index in [1.807, 2.05) is 0 Å². The number of imidazole rings is 1. The lowest BCUT2D eigenvalue weighted by molar-refractivity contribution is -0.159. The molecule has 0 bridgehead atoms. The first kappa shape index (κ1) is 20.0. The summed E-state index contributed by atoms with van der Waals surface area (Å²) in [5.41, 5.74) is 2.24. The van der Waals surface area contributed by atoms with Crippen molar-refractivity contribution in [3.8, 4) is 11.4 Å². The Morgan fingerprint density at radius 1 is 1.20 bits per heavy atom. The Morgan fingerprint density at radius 2 is 1.97 bits per heavy atom. The van der Waals surface area contributed by atoms with E-state index in [4.69, 9.17) is 0 Å². The summed E-state index contributed by atoms with van der Waals surface area (Å²) in [4.78, 5) is 11.7. The third-order valence-electron chi connectivity index (χ3n) is 4.12. The summed E-state index contributed by atoms with van der Waals surface area (Å²) in [6.45, 7) is 0.137. The first-order chi connectivity index (χ1) is 14.2. The zero-order valence-corrected chi connectivity index (χ0v) is 16.4. The van der Waals surface area contributed by atoms with Gasteiger partial charge in [-0.25, -0.2) is 13.6 Å². The van der Waals surface area contributed by atoms with Crippen molar-refractivity contribution in [1.29, 1.82) is 0 Å². The van der Waals surface area contributed by atoms with Gasteiger partial charge in [0.25, 0.3) is 0 Å². The van der Waals surface area contributed by atoms with Gasteiger partial charge in [0.1, 0.15) is 5.65 Å². The molecule has 0 spiro atoms. The molecule has 0 N–H and O–H groups in total. The summed E-state index contributed by atoms with van der Waals surface area (Å²) in [5, 5.41) is 3.37. The lowest BCUT2D eigenvalue weighted by Gasteiger charge is -2.03. The van der Waals surface area contributed by atoms with Gasteiger partial charge in [-0.1, -0.05) is 5.16 Å². The Labute approximate surface area is 169 Å². The van der Waals surface area contributed by atoms with Gasteiger partial charge in [-0.05, 0) is 29.8 Å². The fourth-order valence-electron chi connectivity index (χ4n) is 2.74. The highest BCUT2D eigenvalue weighted by Crippen LogP contribution is 2.29. The van der Waals surface area contributed by atoms with Crippen LogP contribution in [0.3, 0.4) is 0 Å². The van der Waals surface area contributed by atoms with E-state index in [9.17, 15) is 17.4 Å². The second-order valence-corrected chi connectivity index (χ2v) is 9.05. The quantitative estimate of drug-likeness (QED) is 0.474. The highest BCUT2D eigenvalue weighted by molar-refractivity contribution is 7.92. The van der Waals surface area contributed by atoms with Crippen LogP contribution < -0.4 is 0 Å². The molecule has 0 radical (unpaired) electrons. The second-order valence-electron chi connectivity index (χ2n) is 6.58. The van der Waals surface area contributed by atoms with Crippen LogP contribution in [0.4, 0.5) is 13.2 Å². The van der Waals surface area contributed by atoms with Gasteiger partial charge in [0.2, 0.25) is 5.82 Å². The number of alkyl halides is 3. The van der Waals surface area contributed by atoms with Gasteiger partial charge in [-0.2, -0.15) is 18.2 Å². The predicted octanol–water partition coefficient (Wildman–Crippen LogP) is 3.60. The fourth-order valence-corrected chi connectivity index (χ4v) is 4.05. The molecule has 1 atom stereocenters. The van der Waals surface area contributed by atoms with Gasteiger partial charge in [0.15, 0.2) is 0 Å². The minimum absolute atomic E-state index is 0.137. The van der Waals surface area contributed by atoms with Crippen LogP contribution in [-0.4, -0.2) is 35.0 Å². The van der Waals surface area contributed by atoms with E-state index in [2.05, 4.69) is 29.0 Å². The maximum absolute atomic E-state index is 12.7. The number of nitrogens with zero attached hydrogens (tertiary/aromatic N) is 6. The minimum atomic E-state index is -4.71.